The van der Waals surface area contributed by atoms with Crippen molar-refractivity contribution in [2.45, 2.75) is 44.4 Å². The molecule has 5 rings (SSSR count). The summed E-state index contributed by atoms with van der Waals surface area (Å²) < 4.78 is 2.16. The van der Waals surface area contributed by atoms with E-state index in [0.29, 0.717) is 11.8 Å². The van der Waals surface area contributed by atoms with Crippen molar-refractivity contribution in [2.24, 2.45) is 0 Å². The monoisotopic (exact) mass is 423 g/mol. The van der Waals surface area contributed by atoms with Gasteiger partial charge in [0.2, 0.25) is 0 Å². The Balaban J connectivity index is 1.47. The van der Waals surface area contributed by atoms with Gasteiger partial charge in [0.25, 0.3) is 0 Å². The van der Waals surface area contributed by atoms with E-state index in [-0.39, 0.29) is 0 Å². The lowest BCUT2D eigenvalue weighted by atomic mass is 9.77. The Bertz CT molecular complexity index is 1040. The van der Waals surface area contributed by atoms with E-state index in [0.717, 1.165) is 61.3 Å². The fourth-order valence-electron chi connectivity index (χ4n) is 5.21. The largest absolute Gasteiger partial charge is 0.355 e. The molecule has 3 aromatic rings. The molecule has 1 aliphatic heterocycles. The summed E-state index contributed by atoms with van der Waals surface area (Å²) >= 11 is 7.02. The normalized spacial score (nSPS) is 23.2. The SMILES string of the molecule is Cc1cccnc1[C@H]1CCC[C@@H](c2nc3cccc(N4CCN(C)CC4)n3c2Cl)C1. The number of imidazole rings is 1. The van der Waals surface area contributed by atoms with Crippen molar-refractivity contribution in [1.29, 1.82) is 0 Å². The highest BCUT2D eigenvalue weighted by Gasteiger charge is 2.30. The smallest absolute Gasteiger partial charge is 0.139 e. The number of nitrogens with zero attached hydrogens (tertiary/aromatic N) is 5. The molecule has 3 aromatic heterocycles. The quantitative estimate of drug-likeness (QED) is 0.601. The van der Waals surface area contributed by atoms with Crippen molar-refractivity contribution in [3.63, 3.8) is 0 Å². The van der Waals surface area contributed by atoms with Crippen LogP contribution in [-0.4, -0.2) is 52.5 Å². The molecule has 158 valence electrons. The van der Waals surface area contributed by atoms with Crippen LogP contribution in [0.15, 0.2) is 36.5 Å². The summed E-state index contributed by atoms with van der Waals surface area (Å²) in [6, 6.07) is 10.6. The zero-order valence-corrected chi connectivity index (χ0v) is 18.6. The maximum absolute atomic E-state index is 7.02. The van der Waals surface area contributed by atoms with Gasteiger partial charge >= 0.3 is 0 Å². The average molecular weight is 424 g/mol. The van der Waals surface area contributed by atoms with Crippen LogP contribution in [0.5, 0.6) is 0 Å². The molecule has 1 saturated heterocycles. The highest BCUT2D eigenvalue weighted by atomic mass is 35.5. The van der Waals surface area contributed by atoms with Gasteiger partial charge in [0.05, 0.1) is 5.69 Å². The third-order valence-corrected chi connectivity index (χ3v) is 7.28. The Morgan fingerprint density at radius 3 is 2.50 bits per heavy atom. The first-order valence-corrected chi connectivity index (χ1v) is 11.5. The number of anilines is 1. The molecule has 0 N–H and O–H groups in total. The second-order valence-electron chi connectivity index (χ2n) is 8.92. The predicted molar refractivity (Wildman–Crippen MR) is 123 cm³/mol. The third-order valence-electron chi connectivity index (χ3n) is 6.92. The van der Waals surface area contributed by atoms with Crippen molar-refractivity contribution >= 4 is 23.1 Å². The van der Waals surface area contributed by atoms with Crippen molar-refractivity contribution < 1.29 is 0 Å². The lowest BCUT2D eigenvalue weighted by Gasteiger charge is -2.34. The molecule has 1 aliphatic carbocycles. The van der Waals surface area contributed by atoms with Crippen LogP contribution in [0.25, 0.3) is 5.65 Å². The number of aromatic nitrogens is 3. The molecule has 0 spiro atoms. The Kier molecular flexibility index (Phi) is 5.42. The number of hydrogen-bond acceptors (Lipinski definition) is 4. The number of rotatable bonds is 3. The number of likely N-dealkylation sites (N-methyl/N-ethyl adjacent to an activating group) is 1. The summed E-state index contributed by atoms with van der Waals surface area (Å²) in [6.07, 6.45) is 6.54. The molecule has 0 radical (unpaired) electrons. The van der Waals surface area contributed by atoms with Gasteiger partial charge in [-0.3, -0.25) is 9.38 Å². The van der Waals surface area contributed by atoms with Crippen LogP contribution in [0.1, 0.15) is 54.5 Å². The third kappa shape index (κ3) is 3.58. The topological polar surface area (TPSA) is 36.7 Å². The Hall–Kier alpha value is -2.11. The number of pyridine rings is 2. The minimum absolute atomic E-state index is 0.387. The molecular formula is C24H30ClN5. The second kappa shape index (κ2) is 8.20. The summed E-state index contributed by atoms with van der Waals surface area (Å²) in [5, 5.41) is 0.794. The molecule has 2 fully saturated rings. The first-order valence-electron chi connectivity index (χ1n) is 11.1. The fourth-order valence-corrected chi connectivity index (χ4v) is 5.58. The molecule has 0 bridgehead atoms. The molecule has 4 heterocycles. The van der Waals surface area contributed by atoms with Gasteiger partial charge in [-0.1, -0.05) is 30.2 Å². The number of halogens is 1. The van der Waals surface area contributed by atoms with Crippen LogP contribution in [-0.2, 0) is 0 Å². The van der Waals surface area contributed by atoms with Crippen LogP contribution >= 0.6 is 11.6 Å². The molecule has 0 aromatic carbocycles. The second-order valence-corrected chi connectivity index (χ2v) is 9.28. The van der Waals surface area contributed by atoms with Crippen LogP contribution in [0.2, 0.25) is 5.15 Å². The van der Waals surface area contributed by atoms with Gasteiger partial charge in [-0.05, 0) is 57.0 Å². The molecule has 0 unspecified atom stereocenters. The highest BCUT2D eigenvalue weighted by Crippen LogP contribution is 2.43. The van der Waals surface area contributed by atoms with E-state index in [1.807, 2.05) is 12.3 Å². The van der Waals surface area contributed by atoms with Gasteiger partial charge in [-0.2, -0.15) is 0 Å². The molecule has 30 heavy (non-hydrogen) atoms. The number of aryl methyl sites for hydroxylation is 1. The van der Waals surface area contributed by atoms with Crippen molar-refractivity contribution in [2.75, 3.05) is 38.1 Å². The molecule has 5 nitrogen and oxygen atoms in total. The zero-order valence-electron chi connectivity index (χ0n) is 17.9. The van der Waals surface area contributed by atoms with E-state index in [1.54, 1.807) is 0 Å². The highest BCUT2D eigenvalue weighted by molar-refractivity contribution is 6.30. The Morgan fingerprint density at radius 2 is 1.73 bits per heavy atom. The molecular weight excluding hydrogens is 394 g/mol. The number of hydrogen-bond donors (Lipinski definition) is 0. The molecule has 2 aliphatic rings. The van der Waals surface area contributed by atoms with E-state index in [9.17, 15) is 0 Å². The van der Waals surface area contributed by atoms with Gasteiger partial charge in [0.15, 0.2) is 0 Å². The average Bonchev–Trinajstić information content (AvgIpc) is 3.12. The lowest BCUT2D eigenvalue weighted by Crippen LogP contribution is -2.45. The maximum atomic E-state index is 7.02. The number of piperazine rings is 1. The van der Waals surface area contributed by atoms with Gasteiger partial charge in [0.1, 0.15) is 16.6 Å². The van der Waals surface area contributed by atoms with Gasteiger partial charge in [-0.25, -0.2) is 4.98 Å². The molecule has 6 heteroatoms. The van der Waals surface area contributed by atoms with Crippen LogP contribution in [0.4, 0.5) is 5.82 Å². The molecule has 0 amide bonds. The van der Waals surface area contributed by atoms with E-state index >= 15 is 0 Å². The summed E-state index contributed by atoms with van der Waals surface area (Å²) in [6.45, 7) is 6.35. The van der Waals surface area contributed by atoms with Crippen LogP contribution < -0.4 is 4.90 Å². The van der Waals surface area contributed by atoms with Crippen molar-refractivity contribution in [3.05, 3.63) is 58.6 Å². The molecule has 1 saturated carbocycles. The van der Waals surface area contributed by atoms with Crippen LogP contribution in [0.3, 0.4) is 0 Å². The summed E-state index contributed by atoms with van der Waals surface area (Å²) in [7, 11) is 2.18. The Morgan fingerprint density at radius 1 is 0.967 bits per heavy atom. The van der Waals surface area contributed by atoms with E-state index < -0.39 is 0 Å². The number of fused-ring (bicyclic) bond motifs is 1. The van der Waals surface area contributed by atoms with Crippen molar-refractivity contribution in [1.82, 2.24) is 19.3 Å². The first kappa shape index (κ1) is 19.8. The maximum Gasteiger partial charge on any atom is 0.139 e. The van der Waals surface area contributed by atoms with E-state index in [4.69, 9.17) is 21.6 Å². The summed E-state index contributed by atoms with van der Waals surface area (Å²) in [5.74, 6) is 2.04. The van der Waals surface area contributed by atoms with Gasteiger partial charge in [0, 0.05) is 49.9 Å². The zero-order chi connectivity index (χ0) is 20.7. The van der Waals surface area contributed by atoms with Crippen molar-refractivity contribution in [3.8, 4) is 0 Å². The standard InChI is InChI=1S/C24H30ClN5/c1-17-6-5-11-26-22(17)18-7-3-8-19(16-18)23-24(25)30-20(27-23)9-4-10-21(30)29-14-12-28(2)13-15-29/h4-6,9-11,18-19H,3,7-8,12-16H2,1-2H3/t18-,19+/m0/s1. The Labute approximate surface area is 183 Å². The minimum Gasteiger partial charge on any atom is -0.355 e. The van der Waals surface area contributed by atoms with Crippen LogP contribution in [0, 0.1) is 6.92 Å². The fraction of sp³-hybridized carbons (Fsp3) is 0.500. The van der Waals surface area contributed by atoms with Gasteiger partial charge in [-0.15, -0.1) is 0 Å². The minimum atomic E-state index is 0.387. The van der Waals surface area contributed by atoms with Gasteiger partial charge < -0.3 is 9.80 Å². The van der Waals surface area contributed by atoms with E-state index in [2.05, 4.69) is 52.4 Å². The first-order chi connectivity index (χ1) is 14.6. The van der Waals surface area contributed by atoms with E-state index in [1.165, 1.54) is 24.1 Å². The predicted octanol–water partition coefficient (Wildman–Crippen LogP) is 4.88. The summed E-state index contributed by atoms with van der Waals surface area (Å²) in [4.78, 5) is 14.5. The summed E-state index contributed by atoms with van der Waals surface area (Å²) in [5.41, 5.74) is 4.57. The lowest BCUT2D eigenvalue weighted by molar-refractivity contribution is 0.312. The molecule has 2 atom stereocenters.